The topological polar surface area (TPSA) is 9.23 Å². The van der Waals surface area contributed by atoms with E-state index in [-0.39, 0.29) is 0 Å². The maximum atomic E-state index is 5.62. The van der Waals surface area contributed by atoms with Gasteiger partial charge in [-0.1, -0.05) is 18.7 Å². The van der Waals surface area contributed by atoms with Crippen molar-refractivity contribution in [1.29, 1.82) is 0 Å². The molecule has 0 amide bonds. The molecule has 2 heteroatoms. The summed E-state index contributed by atoms with van der Waals surface area (Å²) in [7, 11) is 0. The third kappa shape index (κ3) is 2.28. The summed E-state index contributed by atoms with van der Waals surface area (Å²) in [6.45, 7) is 3.46. The average Bonchev–Trinajstić information content (AvgIpc) is 2.06. The van der Waals surface area contributed by atoms with Gasteiger partial charge in [0.05, 0.1) is 6.26 Å². The molecule has 0 atom stereocenters. The Morgan fingerprint density at radius 1 is 1.55 bits per heavy atom. The van der Waals surface area contributed by atoms with E-state index in [9.17, 15) is 0 Å². The van der Waals surface area contributed by atoms with Crippen LogP contribution in [0.25, 0.3) is 0 Å². The minimum atomic E-state index is 0.508. The Labute approximate surface area is 71.3 Å². The molecule has 0 bridgehead atoms. The summed E-state index contributed by atoms with van der Waals surface area (Å²) in [4.78, 5) is 0. The van der Waals surface area contributed by atoms with E-state index in [0.29, 0.717) is 5.88 Å². The molecule has 0 unspecified atom stereocenters. The van der Waals surface area contributed by atoms with Crippen LogP contribution in [0.2, 0.25) is 0 Å². The molecule has 1 aromatic carbocycles. The van der Waals surface area contributed by atoms with E-state index in [1.807, 2.05) is 24.3 Å². The standard InChI is InChI=1S/C9H9ClO/c1-2-11-9-5-3-4-8(6-9)7-10/h2-6H,1,7H2. The van der Waals surface area contributed by atoms with Gasteiger partial charge in [-0.25, -0.2) is 0 Å². The number of alkyl halides is 1. The summed E-state index contributed by atoms with van der Waals surface area (Å²) in [6.07, 6.45) is 1.40. The Bertz CT molecular complexity index is 245. The van der Waals surface area contributed by atoms with E-state index in [2.05, 4.69) is 6.58 Å². The number of halogens is 1. The molecule has 1 rings (SSSR count). The van der Waals surface area contributed by atoms with Gasteiger partial charge in [0.2, 0.25) is 0 Å². The van der Waals surface area contributed by atoms with Crippen LogP contribution in [0.5, 0.6) is 5.75 Å². The fraction of sp³-hybridized carbons (Fsp3) is 0.111. The zero-order chi connectivity index (χ0) is 8.10. The van der Waals surface area contributed by atoms with Gasteiger partial charge in [0.15, 0.2) is 0 Å². The first-order valence-corrected chi connectivity index (χ1v) is 3.82. The van der Waals surface area contributed by atoms with Crippen LogP contribution >= 0.6 is 11.6 Å². The van der Waals surface area contributed by atoms with Crippen LogP contribution in [0.15, 0.2) is 37.1 Å². The van der Waals surface area contributed by atoms with Gasteiger partial charge in [-0.2, -0.15) is 0 Å². The quantitative estimate of drug-likeness (QED) is 0.498. The van der Waals surface area contributed by atoms with Gasteiger partial charge in [0, 0.05) is 5.88 Å². The second kappa shape index (κ2) is 4.04. The smallest absolute Gasteiger partial charge is 0.126 e. The van der Waals surface area contributed by atoms with Crippen molar-refractivity contribution in [2.75, 3.05) is 0 Å². The summed E-state index contributed by atoms with van der Waals surface area (Å²) >= 11 is 5.62. The SMILES string of the molecule is C=COc1cccc(CCl)c1. The molecule has 0 saturated carbocycles. The summed E-state index contributed by atoms with van der Waals surface area (Å²) in [6, 6.07) is 7.59. The maximum Gasteiger partial charge on any atom is 0.126 e. The zero-order valence-corrected chi connectivity index (χ0v) is 6.84. The van der Waals surface area contributed by atoms with E-state index in [1.54, 1.807) is 0 Å². The lowest BCUT2D eigenvalue weighted by molar-refractivity contribution is 0.483. The first kappa shape index (κ1) is 8.15. The highest BCUT2D eigenvalue weighted by molar-refractivity contribution is 6.17. The third-order valence-electron chi connectivity index (χ3n) is 1.27. The van der Waals surface area contributed by atoms with Crippen molar-refractivity contribution in [3.63, 3.8) is 0 Å². The van der Waals surface area contributed by atoms with E-state index < -0.39 is 0 Å². The van der Waals surface area contributed by atoms with E-state index in [0.717, 1.165) is 11.3 Å². The highest BCUT2D eigenvalue weighted by Crippen LogP contribution is 2.14. The minimum absolute atomic E-state index is 0.508. The molecule has 11 heavy (non-hydrogen) atoms. The minimum Gasteiger partial charge on any atom is -0.466 e. The number of hydrogen-bond donors (Lipinski definition) is 0. The highest BCUT2D eigenvalue weighted by Gasteiger charge is 1.92. The fourth-order valence-electron chi connectivity index (χ4n) is 0.798. The first-order chi connectivity index (χ1) is 5.36. The normalized spacial score (nSPS) is 9.18. The van der Waals surface area contributed by atoms with Gasteiger partial charge in [-0.3, -0.25) is 0 Å². The lowest BCUT2D eigenvalue weighted by Gasteiger charge is -2.00. The van der Waals surface area contributed by atoms with Crippen molar-refractivity contribution < 1.29 is 4.74 Å². The predicted octanol–water partition coefficient (Wildman–Crippen LogP) is 2.95. The maximum absolute atomic E-state index is 5.62. The highest BCUT2D eigenvalue weighted by atomic mass is 35.5. The molecule has 1 nitrogen and oxygen atoms in total. The van der Waals surface area contributed by atoms with Crippen LogP contribution in [0.1, 0.15) is 5.56 Å². The summed E-state index contributed by atoms with van der Waals surface area (Å²) in [5, 5.41) is 0. The molecule has 0 N–H and O–H groups in total. The predicted molar refractivity (Wildman–Crippen MR) is 46.8 cm³/mol. The Balaban J connectivity index is 2.82. The van der Waals surface area contributed by atoms with Gasteiger partial charge in [0.1, 0.15) is 5.75 Å². The average molecular weight is 169 g/mol. The largest absolute Gasteiger partial charge is 0.466 e. The van der Waals surface area contributed by atoms with Gasteiger partial charge >= 0.3 is 0 Å². The molecule has 1 aromatic rings. The van der Waals surface area contributed by atoms with Crippen LogP contribution in [-0.2, 0) is 5.88 Å². The summed E-state index contributed by atoms with van der Waals surface area (Å²) in [5.41, 5.74) is 1.05. The van der Waals surface area contributed by atoms with E-state index in [1.165, 1.54) is 6.26 Å². The Morgan fingerprint density at radius 3 is 3.00 bits per heavy atom. The second-order valence-corrected chi connectivity index (χ2v) is 2.33. The lowest BCUT2D eigenvalue weighted by atomic mass is 10.2. The molecule has 0 aromatic heterocycles. The van der Waals surface area contributed by atoms with Crippen molar-refractivity contribution in [2.45, 2.75) is 5.88 Å². The van der Waals surface area contributed by atoms with E-state index >= 15 is 0 Å². The van der Waals surface area contributed by atoms with Gasteiger partial charge in [-0.15, -0.1) is 11.6 Å². The molecule has 0 spiro atoms. The van der Waals surface area contributed by atoms with Crippen LogP contribution in [0.3, 0.4) is 0 Å². The first-order valence-electron chi connectivity index (χ1n) is 3.29. The molecule has 0 saturated heterocycles. The van der Waals surface area contributed by atoms with Crippen LogP contribution in [-0.4, -0.2) is 0 Å². The van der Waals surface area contributed by atoms with Crippen molar-refractivity contribution in [2.24, 2.45) is 0 Å². The molecule has 0 aliphatic carbocycles. The number of rotatable bonds is 3. The lowest BCUT2D eigenvalue weighted by Crippen LogP contribution is -1.82. The number of ether oxygens (including phenoxy) is 1. The molecule has 0 radical (unpaired) electrons. The van der Waals surface area contributed by atoms with Crippen molar-refractivity contribution in [3.8, 4) is 5.75 Å². The van der Waals surface area contributed by atoms with Crippen LogP contribution in [0, 0.1) is 0 Å². The fourth-order valence-corrected chi connectivity index (χ4v) is 0.964. The molecule has 0 heterocycles. The zero-order valence-electron chi connectivity index (χ0n) is 6.09. The second-order valence-electron chi connectivity index (χ2n) is 2.07. The van der Waals surface area contributed by atoms with Crippen molar-refractivity contribution in [3.05, 3.63) is 42.7 Å². The van der Waals surface area contributed by atoms with Gasteiger partial charge in [-0.05, 0) is 17.7 Å². The van der Waals surface area contributed by atoms with Gasteiger partial charge < -0.3 is 4.74 Å². The number of benzene rings is 1. The van der Waals surface area contributed by atoms with Crippen LogP contribution in [0.4, 0.5) is 0 Å². The van der Waals surface area contributed by atoms with Crippen molar-refractivity contribution in [1.82, 2.24) is 0 Å². The third-order valence-corrected chi connectivity index (χ3v) is 1.58. The Hall–Kier alpha value is -0.950. The molecular formula is C9H9ClO. The Morgan fingerprint density at radius 2 is 2.36 bits per heavy atom. The summed E-state index contributed by atoms with van der Waals surface area (Å²) < 4.78 is 5.05. The molecular weight excluding hydrogens is 160 g/mol. The Kier molecular flexibility index (Phi) is 2.99. The monoisotopic (exact) mass is 168 g/mol. The van der Waals surface area contributed by atoms with Crippen LogP contribution < -0.4 is 4.74 Å². The molecule has 58 valence electrons. The van der Waals surface area contributed by atoms with E-state index in [4.69, 9.17) is 16.3 Å². The molecule has 0 aliphatic heterocycles. The van der Waals surface area contributed by atoms with Crippen molar-refractivity contribution >= 4 is 11.6 Å². The molecule has 0 fully saturated rings. The van der Waals surface area contributed by atoms with Gasteiger partial charge in [0.25, 0.3) is 0 Å². The molecule has 0 aliphatic rings. The summed E-state index contributed by atoms with van der Waals surface area (Å²) in [5.74, 6) is 1.28. The number of hydrogen-bond acceptors (Lipinski definition) is 1.